The van der Waals surface area contributed by atoms with E-state index in [4.69, 9.17) is 19.4 Å². The van der Waals surface area contributed by atoms with Crippen molar-refractivity contribution in [2.24, 2.45) is 0 Å². The van der Waals surface area contributed by atoms with Crippen LogP contribution in [0.5, 0.6) is 0 Å². The molecule has 2 aromatic rings. The van der Waals surface area contributed by atoms with Gasteiger partial charge in [-0.1, -0.05) is 0 Å². The number of H-pyrrole nitrogens is 1. The largest absolute Gasteiger partial charge is 0.490 e. The van der Waals surface area contributed by atoms with Crippen molar-refractivity contribution in [3.8, 4) is 0 Å². The van der Waals surface area contributed by atoms with Crippen molar-refractivity contribution in [2.75, 3.05) is 6.61 Å². The molecular formula is C12H14F2N3O15P3. The van der Waals surface area contributed by atoms with E-state index in [0.717, 1.165) is 0 Å². The average molecular weight is 571 g/mol. The number of phosphoric acid groups is 3. The second kappa shape index (κ2) is 9.60. The molecular weight excluding hydrogens is 557 g/mol. The first-order valence-corrected chi connectivity index (χ1v) is 13.2. The number of aliphatic hydroxyl groups is 2. The number of ether oxygens (including phenoxy) is 1. The summed E-state index contributed by atoms with van der Waals surface area (Å²) in [7, 11) is -17.1. The SMILES string of the molecule is O=c1nc2[nH]c(=O)c(F)c(F)n2cc1[C@@H]1O[C@H](COP(=O)(O)OP(=O)(O)OP(=O)(O)O)C(O)[C@@H]1O. The van der Waals surface area contributed by atoms with E-state index >= 15 is 0 Å². The Morgan fingerprint density at radius 3 is 2.29 bits per heavy atom. The smallest absolute Gasteiger partial charge is 0.387 e. The number of hydrogen-bond acceptors (Lipinski definition) is 12. The normalized spacial score (nSPS) is 26.5. The van der Waals surface area contributed by atoms with Crippen LogP contribution >= 0.6 is 23.5 Å². The summed E-state index contributed by atoms with van der Waals surface area (Å²) in [4.78, 5) is 64.2. The van der Waals surface area contributed by atoms with Gasteiger partial charge in [0.05, 0.1) is 12.2 Å². The lowest BCUT2D eigenvalue weighted by atomic mass is 10.0. The van der Waals surface area contributed by atoms with Gasteiger partial charge in [0.15, 0.2) is 0 Å². The summed E-state index contributed by atoms with van der Waals surface area (Å²) < 4.78 is 78.1. The van der Waals surface area contributed by atoms with E-state index in [0.29, 0.717) is 10.6 Å². The van der Waals surface area contributed by atoms with Crippen LogP contribution < -0.4 is 11.1 Å². The molecule has 0 bridgehead atoms. The number of rotatable bonds is 8. The zero-order valence-corrected chi connectivity index (χ0v) is 19.1. The fourth-order valence-electron chi connectivity index (χ4n) is 2.87. The van der Waals surface area contributed by atoms with Gasteiger partial charge in [-0.2, -0.15) is 22.4 Å². The first kappa shape index (κ1) is 27.8. The lowest BCUT2D eigenvalue weighted by Crippen LogP contribution is -2.34. The zero-order chi connectivity index (χ0) is 26.5. The summed E-state index contributed by atoms with van der Waals surface area (Å²) in [6.07, 6.45) is -6.90. The van der Waals surface area contributed by atoms with Crippen molar-refractivity contribution in [3.63, 3.8) is 0 Å². The number of nitrogens with one attached hydrogen (secondary N) is 1. The minimum Gasteiger partial charge on any atom is -0.387 e. The minimum absolute atomic E-state index is 0.301. The summed E-state index contributed by atoms with van der Waals surface area (Å²) in [5, 5.41) is 20.3. The van der Waals surface area contributed by atoms with Crippen LogP contribution in [0, 0.1) is 11.8 Å². The highest BCUT2D eigenvalue weighted by Gasteiger charge is 2.47. The molecule has 3 unspecified atom stereocenters. The molecule has 2 aromatic heterocycles. The summed E-state index contributed by atoms with van der Waals surface area (Å²) >= 11 is 0. The Balaban J connectivity index is 1.80. The first-order valence-electron chi connectivity index (χ1n) is 8.71. The Morgan fingerprint density at radius 1 is 1.06 bits per heavy atom. The van der Waals surface area contributed by atoms with Crippen molar-refractivity contribution in [1.29, 1.82) is 0 Å². The molecule has 1 saturated heterocycles. The number of halogens is 2. The van der Waals surface area contributed by atoms with Crippen LogP contribution in [0.1, 0.15) is 11.7 Å². The average Bonchev–Trinajstić information content (AvgIpc) is 2.96. The van der Waals surface area contributed by atoms with E-state index in [-0.39, 0.29) is 0 Å². The number of phosphoric ester groups is 1. The third-order valence-corrected chi connectivity index (χ3v) is 8.06. The predicted octanol–water partition coefficient (Wildman–Crippen LogP) is -1.83. The third-order valence-electron chi connectivity index (χ3n) is 4.25. The molecule has 0 aromatic carbocycles. The highest BCUT2D eigenvalue weighted by molar-refractivity contribution is 7.66. The number of aromatic amines is 1. The molecule has 0 spiro atoms. The van der Waals surface area contributed by atoms with Crippen LogP contribution in [0.25, 0.3) is 5.78 Å². The Hall–Kier alpha value is -1.76. The van der Waals surface area contributed by atoms with Gasteiger partial charge in [-0.05, 0) is 0 Å². The molecule has 3 heterocycles. The van der Waals surface area contributed by atoms with Gasteiger partial charge in [0, 0.05) is 6.20 Å². The maximum Gasteiger partial charge on any atom is 0.490 e. The van der Waals surface area contributed by atoms with E-state index in [1.54, 1.807) is 4.98 Å². The van der Waals surface area contributed by atoms with Gasteiger partial charge in [0.1, 0.15) is 24.4 Å². The molecule has 0 amide bonds. The molecule has 3 rings (SSSR count). The first-order chi connectivity index (χ1) is 15.9. The highest BCUT2D eigenvalue weighted by Crippen LogP contribution is 2.66. The second-order valence-corrected chi connectivity index (χ2v) is 11.1. The van der Waals surface area contributed by atoms with Crippen molar-refractivity contribution >= 4 is 29.2 Å². The van der Waals surface area contributed by atoms with Crippen LogP contribution in [0.4, 0.5) is 8.78 Å². The van der Waals surface area contributed by atoms with Gasteiger partial charge in [0.25, 0.3) is 11.1 Å². The minimum atomic E-state index is -5.82. The van der Waals surface area contributed by atoms with E-state index in [9.17, 15) is 47.2 Å². The molecule has 18 nitrogen and oxygen atoms in total. The maximum atomic E-state index is 14.1. The Morgan fingerprint density at radius 2 is 1.69 bits per heavy atom. The molecule has 35 heavy (non-hydrogen) atoms. The number of nitrogens with zero attached hydrogens (tertiary/aromatic N) is 2. The van der Waals surface area contributed by atoms with Crippen LogP contribution in [-0.4, -0.2) is 69.1 Å². The molecule has 23 heteroatoms. The van der Waals surface area contributed by atoms with Crippen LogP contribution in [0.3, 0.4) is 0 Å². The number of fused-ring (bicyclic) bond motifs is 1. The maximum absolute atomic E-state index is 14.1. The highest BCUT2D eigenvalue weighted by atomic mass is 31.3. The van der Waals surface area contributed by atoms with Crippen molar-refractivity contribution < 1.29 is 70.1 Å². The summed E-state index contributed by atoms with van der Waals surface area (Å²) in [5.74, 6) is -4.31. The van der Waals surface area contributed by atoms with Crippen molar-refractivity contribution in [2.45, 2.75) is 24.4 Å². The van der Waals surface area contributed by atoms with Gasteiger partial charge in [-0.15, -0.1) is 0 Å². The van der Waals surface area contributed by atoms with Crippen LogP contribution in [-0.2, 0) is 31.6 Å². The van der Waals surface area contributed by atoms with Gasteiger partial charge in [-0.3, -0.25) is 23.5 Å². The third kappa shape index (κ3) is 6.33. The predicted molar refractivity (Wildman–Crippen MR) is 101 cm³/mol. The fraction of sp³-hybridized carbons (Fsp3) is 0.417. The summed E-state index contributed by atoms with van der Waals surface area (Å²) in [6.45, 7) is -1.18. The lowest BCUT2D eigenvalue weighted by molar-refractivity contribution is -0.0227. The van der Waals surface area contributed by atoms with Gasteiger partial charge in [-0.25, -0.2) is 13.7 Å². The monoisotopic (exact) mass is 571 g/mol. The van der Waals surface area contributed by atoms with E-state index in [1.165, 1.54) is 0 Å². The van der Waals surface area contributed by atoms with Gasteiger partial charge < -0.3 is 34.5 Å². The van der Waals surface area contributed by atoms with Crippen LogP contribution in [0.15, 0.2) is 15.8 Å². The molecule has 0 radical (unpaired) electrons. The number of aliphatic hydroxyl groups excluding tert-OH is 2. The molecule has 6 atom stereocenters. The molecule has 7 N–H and O–H groups in total. The van der Waals surface area contributed by atoms with E-state index in [1.807, 2.05) is 0 Å². The number of hydrogen-bond donors (Lipinski definition) is 7. The molecule has 1 aliphatic rings. The number of aromatic nitrogens is 3. The second-order valence-electron chi connectivity index (χ2n) is 6.72. The quantitative estimate of drug-likeness (QED) is 0.135. The van der Waals surface area contributed by atoms with Gasteiger partial charge >= 0.3 is 23.5 Å². The zero-order valence-electron chi connectivity index (χ0n) is 16.4. The van der Waals surface area contributed by atoms with E-state index in [2.05, 4.69) is 18.1 Å². The van der Waals surface area contributed by atoms with Crippen molar-refractivity contribution in [3.05, 3.63) is 44.2 Å². The lowest BCUT2D eigenvalue weighted by Gasteiger charge is -2.19. The topological polar surface area (TPSA) is 277 Å². The molecule has 196 valence electrons. The molecule has 0 aliphatic carbocycles. The standard InChI is InChI=1S/C12H14F2N3O15P3/c13-5-9(14)17-1-3(10(20)15-12(17)16-11(5)21)8-7(19)6(18)4(30-8)2-29-34(25,26)32-35(27,28)31-33(22,23)24/h1,4,6-8,18-19H,2H2,(H,25,26)(H,27,28)(H2,22,23,24)(H,15,16,20,21)/t4-,6?,7+,8+/m1/s1. The molecule has 0 saturated carbocycles. The molecule has 1 fully saturated rings. The Labute approximate surface area is 189 Å². The van der Waals surface area contributed by atoms with E-state index < -0.39 is 88.7 Å². The fourth-order valence-corrected chi connectivity index (χ4v) is 5.90. The Bertz CT molecular complexity index is 1410. The summed E-state index contributed by atoms with van der Waals surface area (Å²) in [5.41, 5.74) is -3.38. The molecule has 1 aliphatic heterocycles. The summed E-state index contributed by atoms with van der Waals surface area (Å²) in [6, 6.07) is 0. The van der Waals surface area contributed by atoms with Crippen molar-refractivity contribution in [1.82, 2.24) is 14.4 Å². The Kier molecular flexibility index (Phi) is 7.63. The van der Waals surface area contributed by atoms with Gasteiger partial charge in [0.2, 0.25) is 17.5 Å². The van der Waals surface area contributed by atoms with Crippen LogP contribution in [0.2, 0.25) is 0 Å².